The smallest absolute Gasteiger partial charge is 0.320 e. The predicted molar refractivity (Wildman–Crippen MR) is 143 cm³/mol. The molecule has 7 heteroatoms. The van der Waals surface area contributed by atoms with Crippen LogP contribution in [0.5, 0.6) is 0 Å². The molecule has 0 aliphatic carbocycles. The molecule has 0 radical (unpaired) electrons. The van der Waals surface area contributed by atoms with Gasteiger partial charge in [0.15, 0.2) is 5.90 Å². The second kappa shape index (κ2) is 12.1. The van der Waals surface area contributed by atoms with Gasteiger partial charge in [-0.1, -0.05) is 49.9 Å². The maximum Gasteiger partial charge on any atom is 0.320 e. The van der Waals surface area contributed by atoms with Crippen molar-refractivity contribution in [2.24, 2.45) is 16.8 Å². The summed E-state index contributed by atoms with van der Waals surface area (Å²) < 4.78 is 19.5. The Morgan fingerprint density at radius 3 is 2.51 bits per heavy atom. The van der Waals surface area contributed by atoms with Gasteiger partial charge in [-0.05, 0) is 48.9 Å². The summed E-state index contributed by atoms with van der Waals surface area (Å²) >= 11 is 0. The molecule has 0 bridgehead atoms. The molecule has 4 rings (SSSR count). The normalized spacial score (nSPS) is 20.9. The molecular formula is C30H35FN4O2. The third-order valence-corrected chi connectivity index (χ3v) is 7.49. The van der Waals surface area contributed by atoms with Crippen LogP contribution in [0.1, 0.15) is 48.8 Å². The zero-order valence-electron chi connectivity index (χ0n) is 21.7. The van der Waals surface area contributed by atoms with Gasteiger partial charge in [-0.25, -0.2) is 14.2 Å². The Bertz CT molecular complexity index is 1180. The van der Waals surface area contributed by atoms with Crippen LogP contribution in [0.4, 0.5) is 9.18 Å². The van der Waals surface area contributed by atoms with Crippen molar-refractivity contribution < 1.29 is 13.9 Å². The molecule has 0 saturated carbocycles. The summed E-state index contributed by atoms with van der Waals surface area (Å²) in [6.45, 7) is 8.45. The summed E-state index contributed by atoms with van der Waals surface area (Å²) in [4.78, 5) is 22.0. The van der Waals surface area contributed by atoms with Crippen LogP contribution < -0.4 is 0 Å². The summed E-state index contributed by atoms with van der Waals surface area (Å²) in [6.07, 6.45) is 3.16. The van der Waals surface area contributed by atoms with E-state index < -0.39 is 0 Å². The van der Waals surface area contributed by atoms with Gasteiger partial charge in [0.25, 0.3) is 0 Å². The molecule has 194 valence electrons. The van der Waals surface area contributed by atoms with E-state index in [-0.39, 0.29) is 29.6 Å². The van der Waals surface area contributed by atoms with Crippen molar-refractivity contribution in [1.29, 1.82) is 5.26 Å². The lowest BCUT2D eigenvalue weighted by Crippen LogP contribution is -2.52. The first kappa shape index (κ1) is 26.4. The first-order valence-corrected chi connectivity index (χ1v) is 13.0. The standard InChI is InChI=1S/C30H35FN4O2/c1-4-22-8-10-24(11-9-22)26-16-27(29(37-3)33-21(2)25-6-5-7-28(31)17-25)20-35(19-26)30(36)34-14-12-23(18-32)13-15-34/h5-11,17,23,26-27H,2,4,12-16,19-20H2,1,3H3. The van der Waals surface area contributed by atoms with E-state index in [1.54, 1.807) is 19.2 Å². The van der Waals surface area contributed by atoms with Gasteiger partial charge in [-0.2, -0.15) is 5.26 Å². The highest BCUT2D eigenvalue weighted by Gasteiger charge is 2.36. The molecule has 0 N–H and O–H groups in total. The van der Waals surface area contributed by atoms with E-state index in [9.17, 15) is 14.4 Å². The zero-order chi connectivity index (χ0) is 26.4. The van der Waals surface area contributed by atoms with Crippen LogP contribution in [0, 0.1) is 29.0 Å². The largest absolute Gasteiger partial charge is 0.484 e. The number of nitriles is 1. The van der Waals surface area contributed by atoms with Crippen molar-refractivity contribution >= 4 is 17.6 Å². The molecule has 2 aliphatic rings. The number of likely N-dealkylation sites (tertiary alicyclic amines) is 2. The number of methoxy groups -OCH3 is 1. The molecular weight excluding hydrogens is 467 g/mol. The quantitative estimate of drug-likeness (QED) is 0.380. The number of hydrogen-bond acceptors (Lipinski definition) is 4. The van der Waals surface area contributed by atoms with Gasteiger partial charge in [0.2, 0.25) is 0 Å². The van der Waals surface area contributed by atoms with Crippen LogP contribution in [0.15, 0.2) is 60.1 Å². The minimum atomic E-state index is -0.349. The lowest BCUT2D eigenvalue weighted by atomic mass is 9.84. The van der Waals surface area contributed by atoms with Gasteiger partial charge in [-0.3, -0.25) is 0 Å². The van der Waals surface area contributed by atoms with Crippen molar-refractivity contribution in [1.82, 2.24) is 9.80 Å². The Hall–Kier alpha value is -3.66. The highest BCUT2D eigenvalue weighted by Crippen LogP contribution is 2.33. The van der Waals surface area contributed by atoms with Crippen LogP contribution in [0.2, 0.25) is 0 Å². The lowest BCUT2D eigenvalue weighted by Gasteiger charge is -2.41. The van der Waals surface area contributed by atoms with E-state index in [0.29, 0.717) is 56.2 Å². The molecule has 2 fully saturated rings. The van der Waals surface area contributed by atoms with E-state index >= 15 is 0 Å². The van der Waals surface area contributed by atoms with Crippen molar-refractivity contribution in [3.63, 3.8) is 0 Å². The minimum absolute atomic E-state index is 0.00400. The lowest BCUT2D eigenvalue weighted by molar-refractivity contribution is 0.116. The summed E-state index contributed by atoms with van der Waals surface area (Å²) in [5.41, 5.74) is 3.46. The highest BCUT2D eigenvalue weighted by molar-refractivity contribution is 5.86. The molecule has 0 spiro atoms. The van der Waals surface area contributed by atoms with Gasteiger partial charge in [0.1, 0.15) is 5.82 Å². The molecule has 2 aromatic carbocycles. The maximum atomic E-state index is 13.8. The number of halogens is 1. The molecule has 2 atom stereocenters. The number of ether oxygens (including phenoxy) is 1. The van der Waals surface area contributed by atoms with Crippen molar-refractivity contribution in [2.75, 3.05) is 33.3 Å². The molecule has 2 heterocycles. The maximum absolute atomic E-state index is 13.8. The Morgan fingerprint density at radius 1 is 1.16 bits per heavy atom. The van der Waals surface area contributed by atoms with Crippen LogP contribution in [0.3, 0.4) is 0 Å². The van der Waals surface area contributed by atoms with Crippen LogP contribution in [-0.4, -0.2) is 55.0 Å². The van der Waals surface area contributed by atoms with Crippen molar-refractivity contribution in [2.45, 2.75) is 38.5 Å². The predicted octanol–water partition coefficient (Wildman–Crippen LogP) is 5.86. The number of aliphatic imine (C=N–C) groups is 1. The van der Waals surface area contributed by atoms with Crippen molar-refractivity contribution in [3.05, 3.63) is 77.6 Å². The number of carbonyl (C=O) groups excluding carboxylic acids is 1. The second-order valence-corrected chi connectivity index (χ2v) is 9.91. The summed E-state index contributed by atoms with van der Waals surface area (Å²) in [6, 6.07) is 17.1. The van der Waals surface area contributed by atoms with Gasteiger partial charge >= 0.3 is 6.03 Å². The van der Waals surface area contributed by atoms with Crippen molar-refractivity contribution in [3.8, 4) is 6.07 Å². The molecule has 2 unspecified atom stereocenters. The topological polar surface area (TPSA) is 68.9 Å². The minimum Gasteiger partial charge on any atom is -0.484 e. The van der Waals surface area contributed by atoms with Gasteiger partial charge < -0.3 is 14.5 Å². The average Bonchev–Trinajstić information content (AvgIpc) is 2.95. The number of nitrogens with zero attached hydrogens (tertiary/aromatic N) is 4. The van der Waals surface area contributed by atoms with E-state index in [0.717, 1.165) is 12.8 Å². The molecule has 37 heavy (non-hydrogen) atoms. The SMILES string of the molecule is C=C(N=C(OC)C1CC(c2ccc(CC)cc2)CN(C(=O)N2CCC(C#N)CC2)C1)c1cccc(F)c1. The third kappa shape index (κ3) is 6.37. The number of carbonyl (C=O) groups is 1. The second-order valence-electron chi connectivity index (χ2n) is 9.91. The summed E-state index contributed by atoms with van der Waals surface area (Å²) in [5.74, 6) is 0.140. The van der Waals surface area contributed by atoms with E-state index in [1.807, 2.05) is 9.80 Å². The monoisotopic (exact) mass is 502 g/mol. The van der Waals surface area contributed by atoms with Crippen LogP contribution in [-0.2, 0) is 11.2 Å². The fraction of sp³-hybridized carbons (Fsp3) is 0.433. The van der Waals surface area contributed by atoms with E-state index in [2.05, 4.69) is 48.8 Å². The van der Waals surface area contributed by atoms with E-state index in [1.165, 1.54) is 23.3 Å². The average molecular weight is 503 g/mol. The number of piperidine rings is 2. The summed E-state index contributed by atoms with van der Waals surface area (Å²) in [5, 5.41) is 9.24. The zero-order valence-corrected chi connectivity index (χ0v) is 21.7. The van der Waals surface area contributed by atoms with Crippen LogP contribution in [0.25, 0.3) is 5.70 Å². The first-order chi connectivity index (χ1) is 17.9. The first-order valence-electron chi connectivity index (χ1n) is 13.0. The van der Waals surface area contributed by atoms with E-state index in [4.69, 9.17) is 4.74 Å². The Labute approximate surface area is 219 Å². The molecule has 2 amide bonds. The van der Waals surface area contributed by atoms with Gasteiger partial charge in [0, 0.05) is 43.6 Å². The van der Waals surface area contributed by atoms with Crippen LogP contribution >= 0.6 is 0 Å². The molecule has 2 aliphatic heterocycles. The molecule has 6 nitrogen and oxygen atoms in total. The summed E-state index contributed by atoms with van der Waals surface area (Å²) in [7, 11) is 1.58. The number of rotatable bonds is 5. The molecule has 2 aromatic rings. The highest BCUT2D eigenvalue weighted by atomic mass is 19.1. The Kier molecular flexibility index (Phi) is 8.60. The molecule has 2 saturated heterocycles. The Balaban J connectivity index is 1.59. The third-order valence-electron chi connectivity index (χ3n) is 7.49. The number of hydrogen-bond donors (Lipinski definition) is 0. The number of aryl methyl sites for hydroxylation is 1. The fourth-order valence-electron chi connectivity index (χ4n) is 5.27. The fourth-order valence-corrected chi connectivity index (χ4v) is 5.27. The van der Waals surface area contributed by atoms with Gasteiger partial charge in [0.05, 0.1) is 24.8 Å². The van der Waals surface area contributed by atoms with Gasteiger partial charge in [-0.15, -0.1) is 0 Å². The number of amides is 2. The number of urea groups is 1. The Morgan fingerprint density at radius 2 is 1.89 bits per heavy atom. The molecule has 0 aromatic heterocycles. The number of benzene rings is 2.